The van der Waals surface area contributed by atoms with Crippen LogP contribution in [0.25, 0.3) is 0 Å². The Bertz CT molecular complexity index is 1880. The van der Waals surface area contributed by atoms with E-state index in [-0.39, 0.29) is 42.6 Å². The molecule has 0 radical (unpaired) electrons. The molecule has 2 amide bonds. The van der Waals surface area contributed by atoms with Crippen LogP contribution in [0.2, 0.25) is 0 Å². The first-order valence-electron chi connectivity index (χ1n) is 15.6. The Morgan fingerprint density at radius 1 is 1.17 bits per heavy atom. The van der Waals surface area contributed by atoms with Gasteiger partial charge in [0.2, 0.25) is 5.43 Å². The van der Waals surface area contributed by atoms with Crippen molar-refractivity contribution in [1.82, 2.24) is 14.5 Å². The van der Waals surface area contributed by atoms with Crippen molar-refractivity contribution >= 4 is 11.8 Å². The molecule has 13 heteroatoms. The van der Waals surface area contributed by atoms with Gasteiger partial charge in [0.1, 0.15) is 40.8 Å². The smallest absolute Gasteiger partial charge is 0.274 e. The van der Waals surface area contributed by atoms with Gasteiger partial charge in [0.25, 0.3) is 11.8 Å². The number of pyridine rings is 1. The highest BCUT2D eigenvalue weighted by Crippen LogP contribution is 2.49. The predicted octanol–water partition coefficient (Wildman–Crippen LogP) is 3.84. The number of carbonyl (C=O) groups is 2. The maximum atomic E-state index is 14.9. The van der Waals surface area contributed by atoms with Crippen LogP contribution in [0.15, 0.2) is 53.5 Å². The van der Waals surface area contributed by atoms with Crippen molar-refractivity contribution in [2.24, 2.45) is 5.73 Å². The maximum absolute atomic E-state index is 14.9. The lowest BCUT2D eigenvalue weighted by molar-refractivity contribution is -0.223. The van der Waals surface area contributed by atoms with Gasteiger partial charge in [-0.1, -0.05) is 42.2 Å². The fraction of sp³-hybridized carbons (Fsp3) is 0.400. The van der Waals surface area contributed by atoms with E-state index in [1.165, 1.54) is 29.7 Å². The molecule has 0 saturated carbocycles. The number of primary amides is 1. The van der Waals surface area contributed by atoms with Crippen molar-refractivity contribution in [3.05, 3.63) is 98.7 Å². The number of nitrogens with two attached hydrogens (primary N) is 1. The first kappa shape index (κ1) is 33.3. The molecule has 1 unspecified atom stereocenters. The number of halogens is 3. The van der Waals surface area contributed by atoms with E-state index in [0.29, 0.717) is 30.5 Å². The Kier molecular flexibility index (Phi) is 8.61. The fourth-order valence-electron chi connectivity index (χ4n) is 6.68. The van der Waals surface area contributed by atoms with Crippen LogP contribution >= 0.6 is 0 Å². The van der Waals surface area contributed by atoms with Gasteiger partial charge in [-0.25, -0.2) is 13.2 Å². The summed E-state index contributed by atoms with van der Waals surface area (Å²) in [4.78, 5) is 48.6. The van der Waals surface area contributed by atoms with Crippen molar-refractivity contribution in [1.29, 1.82) is 0 Å². The van der Waals surface area contributed by atoms with Gasteiger partial charge in [0.05, 0.1) is 18.6 Å². The minimum absolute atomic E-state index is 0.0718. The monoisotopic (exact) mass is 664 g/mol. The number of amides is 2. The van der Waals surface area contributed by atoms with Crippen LogP contribution in [0.5, 0.6) is 5.75 Å². The third-order valence-corrected chi connectivity index (χ3v) is 9.13. The molecule has 4 heterocycles. The van der Waals surface area contributed by atoms with Crippen LogP contribution in [0, 0.1) is 29.3 Å². The molecule has 3 aliphatic heterocycles. The Balaban J connectivity index is 1.49. The Morgan fingerprint density at radius 2 is 1.85 bits per heavy atom. The molecular formula is C35H35F3N4O6. The summed E-state index contributed by atoms with van der Waals surface area (Å²) in [5.74, 6) is 0.634. The predicted molar refractivity (Wildman–Crippen MR) is 167 cm³/mol. The summed E-state index contributed by atoms with van der Waals surface area (Å²) in [6, 6.07) is 8.26. The average molecular weight is 665 g/mol. The van der Waals surface area contributed by atoms with E-state index >= 15 is 0 Å². The number of carbonyl (C=O) groups excluding carboxylic acids is 2. The van der Waals surface area contributed by atoms with Gasteiger partial charge < -0.3 is 25.0 Å². The molecule has 48 heavy (non-hydrogen) atoms. The van der Waals surface area contributed by atoms with E-state index < -0.39 is 70.1 Å². The van der Waals surface area contributed by atoms with E-state index in [1.807, 2.05) is 13.0 Å². The number of fused-ring (bicyclic) bond motifs is 5. The first-order valence-corrected chi connectivity index (χ1v) is 15.6. The Morgan fingerprint density at radius 3 is 2.50 bits per heavy atom. The molecule has 252 valence electrons. The molecule has 1 aromatic heterocycles. The van der Waals surface area contributed by atoms with E-state index in [1.54, 1.807) is 29.2 Å². The van der Waals surface area contributed by atoms with Gasteiger partial charge in [-0.15, -0.1) is 0 Å². The molecular weight excluding hydrogens is 629 g/mol. The summed E-state index contributed by atoms with van der Waals surface area (Å²) >= 11 is 0. The first-order chi connectivity index (χ1) is 22.7. The summed E-state index contributed by atoms with van der Waals surface area (Å²) in [5.41, 5.74) is 2.03. The summed E-state index contributed by atoms with van der Waals surface area (Å²) in [6.07, 6.45) is 2.18. The number of hydroxylamine groups is 2. The molecule has 2 fully saturated rings. The third-order valence-electron chi connectivity index (χ3n) is 9.13. The summed E-state index contributed by atoms with van der Waals surface area (Å²) in [7, 11) is 0. The lowest BCUT2D eigenvalue weighted by Crippen LogP contribution is -2.52. The third kappa shape index (κ3) is 6.19. The van der Waals surface area contributed by atoms with E-state index in [9.17, 15) is 32.7 Å². The molecule has 3 N–H and O–H groups in total. The molecule has 2 aromatic carbocycles. The maximum Gasteiger partial charge on any atom is 0.274 e. The molecule has 1 spiro atoms. The molecule has 3 aromatic rings. The normalized spacial score (nSPS) is 23.8. The number of ether oxygens (including phenoxy) is 1. The standard InChI is InChI=1S/C35H35F3N4O6/c1-20-9-12-35(15-23(10-11-34(2,3)46)42(48-35)17-24-26(37)13-22(36)14-27(24)38)28-18-40(20)33(45)29-31(47-19-21-7-5-4-6-8-21)30(43)25(32(39)44)16-41(28)29/h4-8,13-14,16,20,23,28,46H,9,12,15,17-19H2,1-3H3,(H2,39,44)/t20-,23?,28+,35-/m0/s1. The van der Waals surface area contributed by atoms with E-state index in [4.69, 9.17) is 15.3 Å². The summed E-state index contributed by atoms with van der Waals surface area (Å²) < 4.78 is 51.0. The SMILES string of the molecule is C[C@H]1CC[C@]2(CC(C#CC(C)(C)O)N(Cc3c(F)cc(F)cc3F)O2)[C@H]2CN1C(=O)c1c(OCc3ccccc3)c(=O)c(C(N)=O)cn12. The quantitative estimate of drug-likeness (QED) is 0.384. The molecule has 2 bridgehead atoms. The van der Waals surface area contributed by atoms with Gasteiger partial charge in [-0.05, 0) is 39.2 Å². The molecule has 2 saturated heterocycles. The lowest BCUT2D eigenvalue weighted by atomic mass is 9.83. The zero-order valence-electron chi connectivity index (χ0n) is 26.6. The van der Waals surface area contributed by atoms with Crippen molar-refractivity contribution < 1.29 is 37.4 Å². The largest absolute Gasteiger partial charge is 0.483 e. The molecule has 3 aliphatic rings. The second kappa shape index (κ2) is 12.4. The molecule has 10 nitrogen and oxygen atoms in total. The van der Waals surface area contributed by atoms with Gasteiger partial charge in [-0.3, -0.25) is 19.2 Å². The fourth-order valence-corrected chi connectivity index (χ4v) is 6.68. The van der Waals surface area contributed by atoms with Crippen LogP contribution in [0.4, 0.5) is 13.2 Å². The van der Waals surface area contributed by atoms with Crippen molar-refractivity contribution in [2.75, 3.05) is 6.54 Å². The second-order valence-corrected chi connectivity index (χ2v) is 13.1. The number of aromatic nitrogens is 1. The lowest BCUT2D eigenvalue weighted by Gasteiger charge is -2.43. The minimum atomic E-state index is -1.41. The average Bonchev–Trinajstić information content (AvgIpc) is 3.32. The van der Waals surface area contributed by atoms with Crippen LogP contribution in [-0.4, -0.2) is 61.3 Å². The second-order valence-electron chi connectivity index (χ2n) is 13.1. The van der Waals surface area contributed by atoms with Crippen LogP contribution in [0.3, 0.4) is 0 Å². The van der Waals surface area contributed by atoms with Crippen molar-refractivity contribution in [2.45, 2.75) is 82.5 Å². The van der Waals surface area contributed by atoms with Crippen molar-refractivity contribution in [3.8, 4) is 17.6 Å². The number of nitrogens with zero attached hydrogens (tertiary/aromatic N) is 3. The molecule has 0 aliphatic carbocycles. The number of benzene rings is 2. The molecule has 4 atom stereocenters. The van der Waals surface area contributed by atoms with Gasteiger partial charge in [-0.2, -0.15) is 5.06 Å². The van der Waals surface area contributed by atoms with E-state index in [0.717, 1.165) is 0 Å². The van der Waals surface area contributed by atoms with Gasteiger partial charge >= 0.3 is 0 Å². The Labute approximate surface area is 274 Å². The number of hydrogen-bond acceptors (Lipinski definition) is 7. The highest BCUT2D eigenvalue weighted by molar-refractivity contribution is 5.99. The Hall–Kier alpha value is -4.64. The van der Waals surface area contributed by atoms with Crippen LogP contribution < -0.4 is 15.9 Å². The van der Waals surface area contributed by atoms with E-state index in [2.05, 4.69) is 11.8 Å². The van der Waals surface area contributed by atoms with Crippen LogP contribution in [-0.2, 0) is 18.0 Å². The zero-order valence-corrected chi connectivity index (χ0v) is 26.6. The number of rotatable bonds is 6. The van der Waals surface area contributed by atoms with Gasteiger partial charge in [0.15, 0.2) is 11.4 Å². The minimum Gasteiger partial charge on any atom is -0.483 e. The van der Waals surface area contributed by atoms with Crippen LogP contribution in [0.1, 0.15) is 78.0 Å². The topological polar surface area (TPSA) is 127 Å². The highest BCUT2D eigenvalue weighted by atomic mass is 19.1. The highest BCUT2D eigenvalue weighted by Gasteiger charge is 2.56. The molecule has 6 rings (SSSR count). The van der Waals surface area contributed by atoms with Crippen molar-refractivity contribution in [3.63, 3.8) is 0 Å². The summed E-state index contributed by atoms with van der Waals surface area (Å²) in [6.45, 7) is 4.42. The number of aliphatic hydroxyl groups is 1. The zero-order chi connectivity index (χ0) is 34.5. The summed E-state index contributed by atoms with van der Waals surface area (Å²) in [5, 5.41) is 11.7. The van der Waals surface area contributed by atoms with Gasteiger partial charge in [0, 0.05) is 42.9 Å². The number of hydrogen-bond donors (Lipinski definition) is 2.